The Labute approximate surface area is 118 Å². The highest BCUT2D eigenvalue weighted by Crippen LogP contribution is 2.22. The summed E-state index contributed by atoms with van der Waals surface area (Å²) in [5.74, 6) is 0.313. The van der Waals surface area contributed by atoms with E-state index in [9.17, 15) is 4.79 Å². The van der Waals surface area contributed by atoms with Crippen LogP contribution in [0.3, 0.4) is 0 Å². The second kappa shape index (κ2) is 6.59. The number of ether oxygens (including phenoxy) is 1. The van der Waals surface area contributed by atoms with Gasteiger partial charge in [0.15, 0.2) is 0 Å². The van der Waals surface area contributed by atoms with Crippen LogP contribution in [0.1, 0.15) is 26.0 Å². The Hall–Kier alpha value is -1.52. The molecule has 2 aromatic rings. The molecule has 0 fully saturated rings. The molecule has 1 heterocycles. The van der Waals surface area contributed by atoms with Crippen LogP contribution in [0.2, 0.25) is 0 Å². The average molecular weight is 283 g/mol. The Morgan fingerprint density at radius 1 is 1.42 bits per heavy atom. The van der Waals surface area contributed by atoms with Gasteiger partial charge >= 0.3 is 5.97 Å². The van der Waals surface area contributed by atoms with Crippen molar-refractivity contribution in [3.63, 3.8) is 0 Å². The molecule has 1 aromatic carbocycles. The summed E-state index contributed by atoms with van der Waals surface area (Å²) in [5.41, 5.74) is 7.54. The summed E-state index contributed by atoms with van der Waals surface area (Å²) >= 11 is 0. The van der Waals surface area contributed by atoms with Gasteiger partial charge in [-0.3, -0.25) is 4.79 Å². The zero-order valence-electron chi connectivity index (χ0n) is 11.1. The number of nitrogens with one attached hydrogen (secondary N) is 1. The van der Waals surface area contributed by atoms with Gasteiger partial charge in [0.05, 0.1) is 5.92 Å². The molecule has 0 saturated heterocycles. The van der Waals surface area contributed by atoms with Crippen molar-refractivity contribution in [1.82, 2.24) is 4.98 Å². The van der Waals surface area contributed by atoms with Crippen LogP contribution in [-0.4, -0.2) is 11.0 Å². The number of esters is 1. The highest BCUT2D eigenvalue weighted by Gasteiger charge is 2.13. The standard InChI is InChI=1S/C14H18N2O2.ClH/c1-3-9(2)14(17)18-12-4-5-13-10(7-12)6-11(8-15)16-13;/h4-7,9,16H,3,8,15H2,1-2H3;1H. The smallest absolute Gasteiger partial charge is 0.314 e. The number of fused-ring (bicyclic) bond motifs is 1. The van der Waals surface area contributed by atoms with Crippen molar-refractivity contribution >= 4 is 29.3 Å². The Bertz CT molecular complexity index is 566. The van der Waals surface area contributed by atoms with Gasteiger partial charge in [0.2, 0.25) is 0 Å². The van der Waals surface area contributed by atoms with Gasteiger partial charge in [0, 0.05) is 23.1 Å². The summed E-state index contributed by atoms with van der Waals surface area (Å²) in [5, 5.41) is 1.00. The van der Waals surface area contributed by atoms with Crippen molar-refractivity contribution in [2.24, 2.45) is 11.7 Å². The summed E-state index contributed by atoms with van der Waals surface area (Å²) in [7, 11) is 0. The molecule has 0 bridgehead atoms. The lowest BCUT2D eigenvalue weighted by Crippen LogP contribution is -2.16. The van der Waals surface area contributed by atoms with Crippen LogP contribution < -0.4 is 10.5 Å². The predicted octanol–water partition coefficient (Wildman–Crippen LogP) is 3.00. The first kappa shape index (κ1) is 15.5. The van der Waals surface area contributed by atoms with Crippen LogP contribution in [0.4, 0.5) is 0 Å². The Morgan fingerprint density at radius 3 is 2.79 bits per heavy atom. The minimum absolute atomic E-state index is 0. The molecule has 2 rings (SSSR count). The van der Waals surface area contributed by atoms with Crippen LogP contribution in [0.25, 0.3) is 10.9 Å². The second-order valence-electron chi connectivity index (χ2n) is 4.48. The highest BCUT2D eigenvalue weighted by molar-refractivity contribution is 5.85. The number of aromatic amines is 1. The zero-order valence-corrected chi connectivity index (χ0v) is 11.9. The lowest BCUT2D eigenvalue weighted by Gasteiger charge is -2.08. The summed E-state index contributed by atoms with van der Waals surface area (Å²) in [6.45, 7) is 4.30. The van der Waals surface area contributed by atoms with Crippen molar-refractivity contribution in [2.45, 2.75) is 26.8 Å². The molecular formula is C14H19ClN2O2. The molecular weight excluding hydrogens is 264 g/mol. The number of aromatic nitrogens is 1. The third-order valence-electron chi connectivity index (χ3n) is 3.10. The van der Waals surface area contributed by atoms with Gasteiger partial charge in [0.25, 0.3) is 0 Å². The fourth-order valence-corrected chi connectivity index (χ4v) is 1.73. The normalized spacial score (nSPS) is 11.9. The number of halogens is 1. The molecule has 19 heavy (non-hydrogen) atoms. The summed E-state index contributed by atoms with van der Waals surface area (Å²) < 4.78 is 5.33. The predicted molar refractivity (Wildman–Crippen MR) is 78.5 cm³/mol. The van der Waals surface area contributed by atoms with Gasteiger partial charge in [-0.2, -0.15) is 0 Å². The number of benzene rings is 1. The van der Waals surface area contributed by atoms with Crippen LogP contribution in [0.5, 0.6) is 5.75 Å². The van der Waals surface area contributed by atoms with E-state index in [-0.39, 0.29) is 24.3 Å². The lowest BCUT2D eigenvalue weighted by molar-refractivity contribution is -0.138. The minimum atomic E-state index is -0.188. The maximum Gasteiger partial charge on any atom is 0.314 e. The highest BCUT2D eigenvalue weighted by atomic mass is 35.5. The molecule has 0 spiro atoms. The zero-order chi connectivity index (χ0) is 13.1. The average Bonchev–Trinajstić information content (AvgIpc) is 2.79. The maximum atomic E-state index is 11.7. The third kappa shape index (κ3) is 3.49. The first-order chi connectivity index (χ1) is 8.63. The van der Waals surface area contributed by atoms with Crippen LogP contribution >= 0.6 is 12.4 Å². The Kier molecular flexibility index (Phi) is 5.39. The molecule has 4 nitrogen and oxygen atoms in total. The molecule has 1 aromatic heterocycles. The summed E-state index contributed by atoms with van der Waals surface area (Å²) in [6.07, 6.45) is 0.780. The molecule has 0 amide bonds. The number of hydrogen-bond acceptors (Lipinski definition) is 3. The first-order valence-electron chi connectivity index (χ1n) is 6.17. The van der Waals surface area contributed by atoms with E-state index in [1.807, 2.05) is 32.0 Å². The van der Waals surface area contributed by atoms with Crippen molar-refractivity contribution in [3.8, 4) is 5.75 Å². The fraction of sp³-hybridized carbons (Fsp3) is 0.357. The maximum absolute atomic E-state index is 11.7. The van der Waals surface area contributed by atoms with Gasteiger partial charge in [-0.15, -0.1) is 12.4 Å². The van der Waals surface area contributed by atoms with Gasteiger partial charge in [-0.25, -0.2) is 0 Å². The fourth-order valence-electron chi connectivity index (χ4n) is 1.73. The minimum Gasteiger partial charge on any atom is -0.426 e. The SMILES string of the molecule is CCC(C)C(=O)Oc1ccc2[nH]c(CN)cc2c1.Cl. The number of carbonyl (C=O) groups is 1. The molecule has 0 aliphatic heterocycles. The van der Waals surface area contributed by atoms with E-state index in [1.165, 1.54) is 0 Å². The number of H-pyrrole nitrogens is 1. The summed E-state index contributed by atoms with van der Waals surface area (Å²) in [6, 6.07) is 7.51. The quantitative estimate of drug-likeness (QED) is 0.669. The molecule has 0 saturated carbocycles. The van der Waals surface area contributed by atoms with Crippen molar-refractivity contribution < 1.29 is 9.53 Å². The van der Waals surface area contributed by atoms with E-state index in [1.54, 1.807) is 6.07 Å². The number of carbonyl (C=O) groups excluding carboxylic acids is 1. The van der Waals surface area contributed by atoms with E-state index < -0.39 is 0 Å². The second-order valence-corrected chi connectivity index (χ2v) is 4.48. The Morgan fingerprint density at radius 2 is 2.16 bits per heavy atom. The van der Waals surface area contributed by atoms with Gasteiger partial charge in [-0.1, -0.05) is 13.8 Å². The molecule has 0 aliphatic carbocycles. The van der Waals surface area contributed by atoms with Crippen LogP contribution in [-0.2, 0) is 11.3 Å². The van der Waals surface area contributed by atoms with E-state index in [0.29, 0.717) is 12.3 Å². The van der Waals surface area contributed by atoms with E-state index in [2.05, 4.69) is 4.98 Å². The Balaban J connectivity index is 0.00000180. The monoisotopic (exact) mass is 282 g/mol. The van der Waals surface area contributed by atoms with Crippen molar-refractivity contribution in [2.75, 3.05) is 0 Å². The molecule has 0 radical (unpaired) electrons. The summed E-state index contributed by atoms with van der Waals surface area (Å²) in [4.78, 5) is 14.9. The number of rotatable bonds is 4. The molecule has 3 N–H and O–H groups in total. The number of nitrogens with two attached hydrogens (primary N) is 1. The van der Waals surface area contributed by atoms with Gasteiger partial charge in [0.1, 0.15) is 5.75 Å². The van der Waals surface area contributed by atoms with Crippen molar-refractivity contribution in [3.05, 3.63) is 30.0 Å². The largest absolute Gasteiger partial charge is 0.426 e. The van der Waals surface area contributed by atoms with E-state index >= 15 is 0 Å². The van der Waals surface area contributed by atoms with Crippen LogP contribution in [0, 0.1) is 5.92 Å². The van der Waals surface area contributed by atoms with E-state index in [0.717, 1.165) is 23.0 Å². The first-order valence-corrected chi connectivity index (χ1v) is 6.17. The molecule has 0 aliphatic rings. The van der Waals surface area contributed by atoms with Gasteiger partial charge < -0.3 is 15.5 Å². The molecule has 104 valence electrons. The lowest BCUT2D eigenvalue weighted by atomic mass is 10.1. The molecule has 5 heteroatoms. The van der Waals surface area contributed by atoms with Crippen molar-refractivity contribution in [1.29, 1.82) is 0 Å². The van der Waals surface area contributed by atoms with Gasteiger partial charge in [-0.05, 0) is 30.7 Å². The molecule has 1 unspecified atom stereocenters. The van der Waals surface area contributed by atoms with E-state index in [4.69, 9.17) is 10.5 Å². The third-order valence-corrected chi connectivity index (χ3v) is 3.10. The molecule has 1 atom stereocenters. The topological polar surface area (TPSA) is 68.1 Å². The van der Waals surface area contributed by atoms with Crippen LogP contribution in [0.15, 0.2) is 24.3 Å². The number of hydrogen-bond donors (Lipinski definition) is 2.